The molecule has 0 aliphatic heterocycles. The van der Waals surface area contributed by atoms with Crippen LogP contribution in [0.1, 0.15) is 17.4 Å². The van der Waals surface area contributed by atoms with Crippen LogP contribution in [-0.2, 0) is 10.0 Å². The molecule has 106 valence electrons. The highest BCUT2D eigenvalue weighted by Crippen LogP contribution is 2.16. The fourth-order valence-electron chi connectivity index (χ4n) is 1.27. The third kappa shape index (κ3) is 5.41. The molecule has 0 aliphatic carbocycles. The van der Waals surface area contributed by atoms with Crippen molar-refractivity contribution in [2.75, 3.05) is 24.2 Å². The van der Waals surface area contributed by atoms with Crippen molar-refractivity contribution in [2.24, 2.45) is 5.14 Å². The zero-order chi connectivity index (χ0) is 14.5. The fourth-order valence-corrected chi connectivity index (χ4v) is 1.85. The third-order valence-corrected chi connectivity index (χ3v) is 3.17. The summed E-state index contributed by atoms with van der Waals surface area (Å²) in [5.41, 5.74) is 0.0366. The average molecular weight is 307 g/mol. The van der Waals surface area contributed by atoms with Crippen molar-refractivity contribution in [1.29, 1.82) is 0 Å². The van der Waals surface area contributed by atoms with Gasteiger partial charge in [0, 0.05) is 13.1 Å². The van der Waals surface area contributed by atoms with Gasteiger partial charge < -0.3 is 10.6 Å². The lowest BCUT2D eigenvalue weighted by Crippen LogP contribution is -2.32. The van der Waals surface area contributed by atoms with E-state index < -0.39 is 15.9 Å². The van der Waals surface area contributed by atoms with E-state index in [4.69, 9.17) is 16.7 Å². The molecule has 0 unspecified atom stereocenters. The van der Waals surface area contributed by atoms with Crippen molar-refractivity contribution in [3.05, 3.63) is 22.8 Å². The number of nitrogens with two attached hydrogens (primary N) is 1. The van der Waals surface area contributed by atoms with Crippen molar-refractivity contribution in [2.45, 2.75) is 6.92 Å². The zero-order valence-corrected chi connectivity index (χ0v) is 11.9. The topological polar surface area (TPSA) is 114 Å². The molecule has 9 heteroatoms. The maximum Gasteiger partial charge on any atom is 0.271 e. The van der Waals surface area contributed by atoms with E-state index in [0.717, 1.165) is 0 Å². The first-order chi connectivity index (χ1) is 8.83. The van der Waals surface area contributed by atoms with E-state index in [1.807, 2.05) is 6.92 Å². The molecule has 1 aromatic rings. The number of carbonyl (C=O) groups is 1. The lowest BCUT2D eigenvalue weighted by Gasteiger charge is -2.08. The Morgan fingerprint density at radius 2 is 2.16 bits per heavy atom. The smallest absolute Gasteiger partial charge is 0.271 e. The fraction of sp³-hybridized carbons (Fsp3) is 0.400. The number of anilines is 1. The van der Waals surface area contributed by atoms with Gasteiger partial charge in [0.2, 0.25) is 10.0 Å². The molecule has 0 fully saturated rings. The van der Waals surface area contributed by atoms with E-state index in [1.165, 1.54) is 0 Å². The van der Waals surface area contributed by atoms with Gasteiger partial charge in [0.15, 0.2) is 0 Å². The van der Waals surface area contributed by atoms with Crippen LogP contribution in [0.3, 0.4) is 0 Å². The summed E-state index contributed by atoms with van der Waals surface area (Å²) in [6, 6.07) is 3.19. The molecule has 0 aliphatic rings. The van der Waals surface area contributed by atoms with Gasteiger partial charge in [-0.1, -0.05) is 11.6 Å². The Balaban J connectivity index is 2.73. The maximum atomic E-state index is 11.8. The minimum absolute atomic E-state index is 0.0366. The summed E-state index contributed by atoms with van der Waals surface area (Å²) < 4.78 is 21.5. The summed E-state index contributed by atoms with van der Waals surface area (Å²) in [4.78, 5) is 15.8. The number of rotatable bonds is 6. The molecule has 0 saturated carbocycles. The second-order valence-electron chi connectivity index (χ2n) is 3.68. The summed E-state index contributed by atoms with van der Waals surface area (Å²) in [6.45, 7) is 2.45. The molecular formula is C10H15ClN4O3S. The van der Waals surface area contributed by atoms with Crippen molar-refractivity contribution >= 4 is 33.3 Å². The van der Waals surface area contributed by atoms with E-state index >= 15 is 0 Å². The van der Waals surface area contributed by atoms with Crippen LogP contribution in [0.2, 0.25) is 5.02 Å². The molecular weight excluding hydrogens is 292 g/mol. The number of carbonyl (C=O) groups excluding carboxylic acids is 1. The third-order valence-electron chi connectivity index (χ3n) is 2.09. The quantitative estimate of drug-likeness (QED) is 0.694. The van der Waals surface area contributed by atoms with Crippen molar-refractivity contribution < 1.29 is 13.2 Å². The van der Waals surface area contributed by atoms with Crippen LogP contribution in [0.5, 0.6) is 0 Å². The van der Waals surface area contributed by atoms with E-state index in [9.17, 15) is 13.2 Å². The van der Waals surface area contributed by atoms with Crippen LogP contribution in [0, 0.1) is 0 Å². The number of halogens is 1. The molecule has 0 aromatic carbocycles. The zero-order valence-electron chi connectivity index (χ0n) is 10.3. The van der Waals surface area contributed by atoms with Gasteiger partial charge in [0.05, 0.1) is 10.8 Å². The summed E-state index contributed by atoms with van der Waals surface area (Å²) >= 11 is 5.87. The van der Waals surface area contributed by atoms with Crippen LogP contribution in [0.25, 0.3) is 0 Å². The Morgan fingerprint density at radius 1 is 1.47 bits per heavy atom. The SMILES string of the molecule is CCNc1ccc(Cl)c(C(=O)NCCS(N)(=O)=O)n1. The molecule has 7 nitrogen and oxygen atoms in total. The Kier molecular flexibility index (Phi) is 5.52. The largest absolute Gasteiger partial charge is 0.370 e. The minimum atomic E-state index is -3.61. The molecule has 0 radical (unpaired) electrons. The van der Waals surface area contributed by atoms with Gasteiger partial charge in [0.1, 0.15) is 11.5 Å². The van der Waals surface area contributed by atoms with Crippen LogP contribution in [-0.4, -0.2) is 38.2 Å². The highest BCUT2D eigenvalue weighted by atomic mass is 35.5. The monoisotopic (exact) mass is 306 g/mol. The van der Waals surface area contributed by atoms with Gasteiger partial charge in [-0.25, -0.2) is 18.5 Å². The Bertz CT molecular complexity index is 562. The first-order valence-electron chi connectivity index (χ1n) is 5.52. The van der Waals surface area contributed by atoms with Crippen molar-refractivity contribution in [1.82, 2.24) is 10.3 Å². The Hall–Kier alpha value is -1.38. The summed E-state index contributed by atoms with van der Waals surface area (Å²) in [5.74, 6) is -0.375. The molecule has 0 atom stereocenters. The normalized spacial score (nSPS) is 11.1. The molecule has 1 amide bonds. The van der Waals surface area contributed by atoms with E-state index in [-0.39, 0.29) is 23.0 Å². The number of pyridine rings is 1. The molecule has 0 bridgehead atoms. The van der Waals surface area contributed by atoms with Crippen LogP contribution >= 0.6 is 11.6 Å². The van der Waals surface area contributed by atoms with Gasteiger partial charge in [-0.2, -0.15) is 0 Å². The number of amides is 1. The number of sulfonamides is 1. The highest BCUT2D eigenvalue weighted by molar-refractivity contribution is 7.89. The van der Waals surface area contributed by atoms with Gasteiger partial charge in [-0.15, -0.1) is 0 Å². The first-order valence-corrected chi connectivity index (χ1v) is 7.62. The molecule has 1 heterocycles. The lowest BCUT2D eigenvalue weighted by atomic mass is 10.3. The predicted molar refractivity (Wildman–Crippen MR) is 73.7 cm³/mol. The molecule has 0 spiro atoms. The van der Waals surface area contributed by atoms with E-state index in [2.05, 4.69) is 15.6 Å². The number of aromatic nitrogens is 1. The lowest BCUT2D eigenvalue weighted by molar-refractivity contribution is 0.0951. The standard InChI is InChI=1S/C10H15ClN4O3S/c1-2-13-8-4-3-7(11)9(15-8)10(16)14-5-6-19(12,17)18/h3-4H,2,5-6H2,1H3,(H,13,15)(H,14,16)(H2,12,17,18). The van der Waals surface area contributed by atoms with Gasteiger partial charge in [0.25, 0.3) is 5.91 Å². The summed E-state index contributed by atoms with van der Waals surface area (Å²) in [6.07, 6.45) is 0. The Morgan fingerprint density at radius 3 is 2.74 bits per heavy atom. The van der Waals surface area contributed by atoms with Crippen molar-refractivity contribution in [3.63, 3.8) is 0 Å². The van der Waals surface area contributed by atoms with Crippen LogP contribution in [0.4, 0.5) is 5.82 Å². The second kappa shape index (κ2) is 6.69. The number of hydrogen-bond donors (Lipinski definition) is 3. The highest BCUT2D eigenvalue weighted by Gasteiger charge is 2.13. The maximum absolute atomic E-state index is 11.8. The number of nitrogens with one attached hydrogen (secondary N) is 2. The van der Waals surface area contributed by atoms with Crippen LogP contribution in [0.15, 0.2) is 12.1 Å². The molecule has 4 N–H and O–H groups in total. The average Bonchev–Trinajstić information content (AvgIpc) is 2.30. The molecule has 1 rings (SSSR count). The minimum Gasteiger partial charge on any atom is -0.370 e. The van der Waals surface area contributed by atoms with E-state index in [0.29, 0.717) is 12.4 Å². The van der Waals surface area contributed by atoms with Gasteiger partial charge in [-0.05, 0) is 19.1 Å². The van der Waals surface area contributed by atoms with E-state index in [1.54, 1.807) is 12.1 Å². The second-order valence-corrected chi connectivity index (χ2v) is 5.82. The molecule has 1 aromatic heterocycles. The predicted octanol–water partition coefficient (Wildman–Crippen LogP) is 0.185. The summed E-state index contributed by atoms with van der Waals surface area (Å²) in [7, 11) is -3.61. The molecule has 0 saturated heterocycles. The van der Waals surface area contributed by atoms with Crippen molar-refractivity contribution in [3.8, 4) is 0 Å². The molecule has 19 heavy (non-hydrogen) atoms. The first kappa shape index (κ1) is 15.7. The number of hydrogen-bond acceptors (Lipinski definition) is 5. The Labute approximate surface area is 116 Å². The summed E-state index contributed by atoms with van der Waals surface area (Å²) in [5, 5.41) is 10.4. The van der Waals surface area contributed by atoms with Gasteiger partial charge >= 0.3 is 0 Å². The van der Waals surface area contributed by atoms with Crippen LogP contribution < -0.4 is 15.8 Å². The van der Waals surface area contributed by atoms with Gasteiger partial charge in [-0.3, -0.25) is 4.79 Å². The number of nitrogens with zero attached hydrogens (tertiary/aromatic N) is 1. The number of primary sulfonamides is 1.